The van der Waals surface area contributed by atoms with Crippen molar-refractivity contribution in [3.63, 3.8) is 0 Å². The highest BCUT2D eigenvalue weighted by atomic mass is 35.5. The van der Waals surface area contributed by atoms with Crippen LogP contribution in [0.1, 0.15) is 17.4 Å². The molecule has 0 unspecified atom stereocenters. The number of rotatable bonds is 1. The molecule has 0 N–H and O–H groups in total. The molecule has 0 aliphatic carbocycles. The van der Waals surface area contributed by atoms with Crippen molar-refractivity contribution in [3.05, 3.63) is 47.2 Å². The second kappa shape index (κ2) is 3.57. The van der Waals surface area contributed by atoms with Crippen LogP contribution in [-0.2, 0) is 0 Å². The fourth-order valence-electron chi connectivity index (χ4n) is 2.03. The summed E-state index contributed by atoms with van der Waals surface area (Å²) in [6.45, 7) is 1.53. The minimum atomic E-state index is -0.0232. The van der Waals surface area contributed by atoms with Gasteiger partial charge in [-0.15, -0.1) is 0 Å². The maximum Gasteiger partial charge on any atom is 0.178 e. The standard InChI is InChI=1S/C13H9ClN2O/c1-8(17)11-7-15-12-6-5-9-3-2-4-10(14)13(9)16(11)12/h2-7H,1H3. The van der Waals surface area contributed by atoms with Crippen LogP contribution in [0.25, 0.3) is 16.6 Å². The molecule has 0 bridgehead atoms. The van der Waals surface area contributed by atoms with Gasteiger partial charge in [0.1, 0.15) is 11.3 Å². The summed E-state index contributed by atoms with van der Waals surface area (Å²) in [6.07, 6.45) is 1.58. The minimum Gasteiger partial charge on any atom is -0.293 e. The number of nitrogens with zero attached hydrogens (tertiary/aromatic N) is 2. The molecule has 0 saturated carbocycles. The number of carbonyl (C=O) groups is 1. The van der Waals surface area contributed by atoms with Gasteiger partial charge in [0.05, 0.1) is 16.7 Å². The molecular formula is C13H9ClN2O. The second-order valence-electron chi connectivity index (χ2n) is 3.90. The second-order valence-corrected chi connectivity index (χ2v) is 4.31. The Balaban J connectivity index is 2.61. The first-order valence-corrected chi connectivity index (χ1v) is 5.62. The number of hydrogen-bond donors (Lipinski definition) is 0. The summed E-state index contributed by atoms with van der Waals surface area (Å²) >= 11 is 6.21. The first-order chi connectivity index (χ1) is 8.18. The lowest BCUT2D eigenvalue weighted by molar-refractivity contribution is 0.101. The van der Waals surface area contributed by atoms with E-state index in [-0.39, 0.29) is 5.78 Å². The highest BCUT2D eigenvalue weighted by Crippen LogP contribution is 2.25. The molecule has 3 aromatic rings. The molecule has 0 amide bonds. The van der Waals surface area contributed by atoms with Crippen molar-refractivity contribution in [2.45, 2.75) is 6.92 Å². The number of ketones is 1. The molecule has 1 aromatic carbocycles. The summed E-state index contributed by atoms with van der Waals surface area (Å²) in [4.78, 5) is 15.8. The lowest BCUT2D eigenvalue weighted by Gasteiger charge is -2.06. The summed E-state index contributed by atoms with van der Waals surface area (Å²) in [5.74, 6) is -0.0232. The van der Waals surface area contributed by atoms with Crippen molar-refractivity contribution < 1.29 is 4.79 Å². The number of aromatic nitrogens is 2. The van der Waals surface area contributed by atoms with E-state index in [1.165, 1.54) is 6.92 Å². The van der Waals surface area contributed by atoms with Crippen molar-refractivity contribution in [3.8, 4) is 0 Å². The van der Waals surface area contributed by atoms with Crippen LogP contribution < -0.4 is 0 Å². The lowest BCUT2D eigenvalue weighted by Crippen LogP contribution is -1.99. The molecule has 2 aromatic heterocycles. The van der Waals surface area contributed by atoms with E-state index in [0.29, 0.717) is 10.7 Å². The van der Waals surface area contributed by atoms with Crippen LogP contribution in [-0.4, -0.2) is 15.2 Å². The van der Waals surface area contributed by atoms with Crippen LogP contribution in [0.4, 0.5) is 0 Å². The molecule has 0 saturated heterocycles. The quantitative estimate of drug-likeness (QED) is 0.616. The van der Waals surface area contributed by atoms with Crippen molar-refractivity contribution in [2.24, 2.45) is 0 Å². The third-order valence-corrected chi connectivity index (χ3v) is 3.11. The molecule has 0 aliphatic heterocycles. The molecule has 3 rings (SSSR count). The van der Waals surface area contributed by atoms with Gasteiger partial charge in [0.15, 0.2) is 5.78 Å². The summed E-state index contributed by atoms with van der Waals surface area (Å²) in [5, 5.41) is 1.61. The fraction of sp³-hybridized carbons (Fsp3) is 0.0769. The Morgan fingerprint density at radius 1 is 1.29 bits per heavy atom. The highest BCUT2D eigenvalue weighted by molar-refractivity contribution is 6.35. The van der Waals surface area contributed by atoms with Gasteiger partial charge in [-0.2, -0.15) is 0 Å². The molecular weight excluding hydrogens is 236 g/mol. The van der Waals surface area contributed by atoms with Gasteiger partial charge in [-0.3, -0.25) is 9.20 Å². The number of halogens is 1. The van der Waals surface area contributed by atoms with Gasteiger partial charge < -0.3 is 0 Å². The Hall–Kier alpha value is -1.87. The van der Waals surface area contributed by atoms with Crippen LogP contribution in [0.3, 0.4) is 0 Å². The number of Topliss-reactive ketones (excluding diaryl/α,β-unsaturated/α-hetero) is 1. The van der Waals surface area contributed by atoms with Gasteiger partial charge in [-0.25, -0.2) is 4.98 Å². The maximum atomic E-state index is 11.6. The van der Waals surface area contributed by atoms with Gasteiger partial charge in [0.25, 0.3) is 0 Å². The Kier molecular flexibility index (Phi) is 2.16. The van der Waals surface area contributed by atoms with E-state index in [1.54, 1.807) is 10.6 Å². The number of carbonyl (C=O) groups excluding carboxylic acids is 1. The van der Waals surface area contributed by atoms with E-state index < -0.39 is 0 Å². The molecule has 0 radical (unpaired) electrons. The summed E-state index contributed by atoms with van der Waals surface area (Å²) in [7, 11) is 0. The van der Waals surface area contributed by atoms with Gasteiger partial charge in [0.2, 0.25) is 0 Å². The van der Waals surface area contributed by atoms with Gasteiger partial charge in [0, 0.05) is 12.3 Å². The van der Waals surface area contributed by atoms with E-state index in [9.17, 15) is 4.79 Å². The third kappa shape index (κ3) is 1.43. The average molecular weight is 245 g/mol. The molecule has 2 heterocycles. The molecule has 4 heteroatoms. The Morgan fingerprint density at radius 3 is 2.88 bits per heavy atom. The smallest absolute Gasteiger partial charge is 0.178 e. The van der Waals surface area contributed by atoms with Gasteiger partial charge in [-0.1, -0.05) is 23.7 Å². The summed E-state index contributed by atoms with van der Waals surface area (Å²) in [6, 6.07) is 9.50. The minimum absolute atomic E-state index is 0.0232. The summed E-state index contributed by atoms with van der Waals surface area (Å²) < 4.78 is 1.81. The van der Waals surface area contributed by atoms with E-state index in [4.69, 9.17) is 11.6 Å². The maximum absolute atomic E-state index is 11.6. The zero-order chi connectivity index (χ0) is 12.0. The molecule has 0 aliphatic rings. The predicted molar refractivity (Wildman–Crippen MR) is 67.7 cm³/mol. The highest BCUT2D eigenvalue weighted by Gasteiger charge is 2.11. The molecule has 0 fully saturated rings. The lowest BCUT2D eigenvalue weighted by atomic mass is 10.2. The van der Waals surface area contributed by atoms with Crippen LogP contribution in [0, 0.1) is 0 Å². The number of imidazole rings is 1. The Morgan fingerprint density at radius 2 is 2.12 bits per heavy atom. The molecule has 3 nitrogen and oxygen atoms in total. The zero-order valence-corrected chi connectivity index (χ0v) is 9.90. The number of hydrogen-bond acceptors (Lipinski definition) is 2. The molecule has 0 spiro atoms. The van der Waals surface area contributed by atoms with Crippen molar-refractivity contribution in [2.75, 3.05) is 0 Å². The van der Waals surface area contributed by atoms with Crippen LogP contribution in [0.5, 0.6) is 0 Å². The summed E-state index contributed by atoms with van der Waals surface area (Å²) in [5.41, 5.74) is 2.11. The average Bonchev–Trinajstić information content (AvgIpc) is 2.72. The van der Waals surface area contributed by atoms with E-state index in [1.807, 2.05) is 30.3 Å². The van der Waals surface area contributed by atoms with Crippen molar-refractivity contribution in [1.29, 1.82) is 0 Å². The number of benzene rings is 1. The monoisotopic (exact) mass is 244 g/mol. The molecule has 0 atom stereocenters. The topological polar surface area (TPSA) is 34.4 Å². The first kappa shape index (κ1) is 10.3. The van der Waals surface area contributed by atoms with Crippen molar-refractivity contribution in [1.82, 2.24) is 9.38 Å². The van der Waals surface area contributed by atoms with Crippen LogP contribution in [0.15, 0.2) is 36.5 Å². The van der Waals surface area contributed by atoms with Gasteiger partial charge in [-0.05, 0) is 18.2 Å². The SMILES string of the molecule is CC(=O)c1cnc2ccc3cccc(Cl)c3n12. The van der Waals surface area contributed by atoms with Gasteiger partial charge >= 0.3 is 0 Å². The molecule has 84 valence electrons. The van der Waals surface area contributed by atoms with Crippen molar-refractivity contribution >= 4 is 33.9 Å². The normalized spacial score (nSPS) is 11.2. The fourth-order valence-corrected chi connectivity index (χ4v) is 2.30. The third-order valence-electron chi connectivity index (χ3n) is 2.80. The zero-order valence-electron chi connectivity index (χ0n) is 9.14. The van der Waals surface area contributed by atoms with E-state index in [2.05, 4.69) is 4.98 Å². The molecule has 17 heavy (non-hydrogen) atoms. The van der Waals surface area contributed by atoms with E-state index in [0.717, 1.165) is 16.6 Å². The number of para-hydroxylation sites is 1. The van der Waals surface area contributed by atoms with Crippen LogP contribution >= 0.6 is 11.6 Å². The predicted octanol–water partition coefficient (Wildman–Crippen LogP) is 3.34. The number of fused-ring (bicyclic) bond motifs is 3. The van der Waals surface area contributed by atoms with Crippen LogP contribution in [0.2, 0.25) is 5.02 Å². The first-order valence-electron chi connectivity index (χ1n) is 5.24. The van der Waals surface area contributed by atoms with E-state index >= 15 is 0 Å². The Labute approximate surface area is 103 Å². The number of pyridine rings is 1. The largest absolute Gasteiger partial charge is 0.293 e. The Bertz CT molecular complexity index is 746.